The van der Waals surface area contributed by atoms with Gasteiger partial charge in [-0.2, -0.15) is 4.98 Å². The Morgan fingerprint density at radius 1 is 0.763 bits per heavy atom. The fraction of sp³-hybridized carbons (Fsp3) is 0.321. The van der Waals surface area contributed by atoms with Crippen LogP contribution in [-0.4, -0.2) is 57.4 Å². The van der Waals surface area contributed by atoms with Gasteiger partial charge in [0.25, 0.3) is 0 Å². The maximum atomic E-state index is 13.8. The van der Waals surface area contributed by atoms with Gasteiger partial charge in [-0.1, -0.05) is 43.3 Å². The summed E-state index contributed by atoms with van der Waals surface area (Å²) in [6, 6.07) is 17.3. The van der Waals surface area contributed by atoms with Crippen molar-refractivity contribution in [3.8, 4) is 5.75 Å². The van der Waals surface area contributed by atoms with Gasteiger partial charge in [-0.25, -0.2) is 24.1 Å². The van der Waals surface area contributed by atoms with E-state index in [0.717, 1.165) is 23.3 Å². The molecule has 1 aliphatic rings. The highest BCUT2D eigenvalue weighted by atomic mass is 16.5. The van der Waals surface area contributed by atoms with Gasteiger partial charge in [0.2, 0.25) is 11.9 Å². The predicted octanol–water partition coefficient (Wildman–Crippen LogP) is 2.19. The van der Waals surface area contributed by atoms with Crippen LogP contribution in [0.3, 0.4) is 0 Å². The number of aromatic nitrogens is 5. The molecule has 2 aromatic carbocycles. The number of aryl methyl sites for hydroxylation is 1. The van der Waals surface area contributed by atoms with Crippen molar-refractivity contribution in [2.24, 2.45) is 0 Å². The summed E-state index contributed by atoms with van der Waals surface area (Å²) in [5.41, 5.74) is 2.05. The second kappa shape index (κ2) is 11.3. The molecule has 2 aromatic heterocycles. The van der Waals surface area contributed by atoms with E-state index in [2.05, 4.69) is 26.8 Å². The average molecular weight is 514 g/mol. The van der Waals surface area contributed by atoms with Crippen LogP contribution in [0.15, 0.2) is 76.6 Å². The summed E-state index contributed by atoms with van der Waals surface area (Å²) in [6.07, 6.45) is 4.37. The molecule has 1 fully saturated rings. The van der Waals surface area contributed by atoms with Crippen molar-refractivity contribution in [3.63, 3.8) is 0 Å². The molecule has 0 aliphatic carbocycles. The van der Waals surface area contributed by atoms with E-state index in [1.165, 1.54) is 10.1 Å². The number of nitrogens with zero attached hydrogens (tertiary/aromatic N) is 7. The smallest absolute Gasteiger partial charge is 0.355 e. The molecule has 4 aromatic rings. The van der Waals surface area contributed by atoms with Gasteiger partial charge in [0, 0.05) is 38.6 Å². The molecule has 0 saturated carbocycles. The lowest BCUT2D eigenvalue weighted by Crippen LogP contribution is -2.51. The molecule has 1 saturated heterocycles. The van der Waals surface area contributed by atoms with E-state index in [-0.39, 0.29) is 18.8 Å². The molecule has 10 heteroatoms. The van der Waals surface area contributed by atoms with Gasteiger partial charge < -0.3 is 14.5 Å². The van der Waals surface area contributed by atoms with Crippen LogP contribution < -0.4 is 25.9 Å². The van der Waals surface area contributed by atoms with Crippen LogP contribution in [0.2, 0.25) is 0 Å². The first-order valence-electron chi connectivity index (χ1n) is 12.7. The fourth-order valence-corrected chi connectivity index (χ4v) is 4.57. The molecule has 0 amide bonds. The molecule has 196 valence electrons. The van der Waals surface area contributed by atoms with E-state index < -0.39 is 5.69 Å². The van der Waals surface area contributed by atoms with E-state index in [1.54, 1.807) is 30.1 Å². The van der Waals surface area contributed by atoms with Gasteiger partial charge in [-0.15, -0.1) is 0 Å². The Bertz CT molecular complexity index is 1470. The number of benzene rings is 2. The Kier molecular flexibility index (Phi) is 7.48. The standard InChI is InChI=1S/C28H31N7O3/c1-3-21-5-7-22(8-6-21)20-35-27(36)31-26(33-17-15-32(16-18-33)25-29-13-4-14-30-25)34(28(35)37)19-23-9-11-24(38-2)12-10-23/h4-14H,3,15-20H2,1-2H3. The van der Waals surface area contributed by atoms with Crippen LogP contribution in [0.4, 0.5) is 11.9 Å². The predicted molar refractivity (Wildman–Crippen MR) is 146 cm³/mol. The first-order chi connectivity index (χ1) is 18.6. The number of hydrogen-bond acceptors (Lipinski definition) is 8. The molecule has 0 N–H and O–H groups in total. The molecule has 0 bridgehead atoms. The number of methoxy groups -OCH3 is 1. The molecule has 0 atom stereocenters. The van der Waals surface area contributed by atoms with Crippen molar-refractivity contribution < 1.29 is 4.74 Å². The lowest BCUT2D eigenvalue weighted by molar-refractivity contribution is 0.414. The molecule has 0 spiro atoms. The van der Waals surface area contributed by atoms with Gasteiger partial charge in [0.1, 0.15) is 5.75 Å². The maximum Gasteiger partial charge on any atom is 0.355 e. The van der Waals surface area contributed by atoms with Crippen molar-refractivity contribution >= 4 is 11.9 Å². The third-order valence-electron chi connectivity index (χ3n) is 6.80. The summed E-state index contributed by atoms with van der Waals surface area (Å²) >= 11 is 0. The SMILES string of the molecule is CCc1ccc(Cn2c(=O)nc(N3CCN(c4ncccn4)CC3)n(Cc3ccc(OC)cc3)c2=O)cc1. The quantitative estimate of drug-likeness (QED) is 0.354. The van der Waals surface area contributed by atoms with Crippen molar-refractivity contribution in [2.75, 3.05) is 43.1 Å². The van der Waals surface area contributed by atoms with Crippen LogP contribution in [-0.2, 0) is 19.5 Å². The minimum absolute atomic E-state index is 0.163. The Morgan fingerprint density at radius 2 is 1.32 bits per heavy atom. The van der Waals surface area contributed by atoms with Gasteiger partial charge in [-0.05, 0) is 41.3 Å². The first-order valence-corrected chi connectivity index (χ1v) is 12.7. The summed E-state index contributed by atoms with van der Waals surface area (Å²) < 4.78 is 8.08. The summed E-state index contributed by atoms with van der Waals surface area (Å²) in [5.74, 6) is 1.78. The monoisotopic (exact) mass is 513 g/mol. The summed E-state index contributed by atoms with van der Waals surface area (Å²) in [6.45, 7) is 4.99. The van der Waals surface area contributed by atoms with E-state index in [1.807, 2.05) is 53.4 Å². The van der Waals surface area contributed by atoms with Crippen molar-refractivity contribution in [1.29, 1.82) is 0 Å². The third-order valence-corrected chi connectivity index (χ3v) is 6.80. The number of anilines is 2. The van der Waals surface area contributed by atoms with E-state index in [4.69, 9.17) is 4.74 Å². The zero-order valence-electron chi connectivity index (χ0n) is 21.7. The van der Waals surface area contributed by atoms with E-state index in [9.17, 15) is 9.59 Å². The highest BCUT2D eigenvalue weighted by molar-refractivity contribution is 5.38. The van der Waals surface area contributed by atoms with Crippen LogP contribution in [0, 0.1) is 0 Å². The molecule has 38 heavy (non-hydrogen) atoms. The second-order valence-electron chi connectivity index (χ2n) is 9.19. The highest BCUT2D eigenvalue weighted by Gasteiger charge is 2.24. The molecular weight excluding hydrogens is 482 g/mol. The molecule has 0 radical (unpaired) electrons. The second-order valence-corrected chi connectivity index (χ2v) is 9.19. The molecule has 0 unspecified atom stereocenters. The van der Waals surface area contributed by atoms with Crippen molar-refractivity contribution in [1.82, 2.24) is 24.1 Å². The normalized spacial score (nSPS) is 13.5. The Labute approximate surface area is 220 Å². The lowest BCUT2D eigenvalue weighted by atomic mass is 10.1. The molecular formula is C28H31N7O3. The molecule has 1 aliphatic heterocycles. The van der Waals surface area contributed by atoms with E-state index in [0.29, 0.717) is 38.1 Å². The first kappa shape index (κ1) is 25.2. The van der Waals surface area contributed by atoms with Gasteiger partial charge in [0.05, 0.1) is 20.2 Å². The minimum Gasteiger partial charge on any atom is -0.497 e. The largest absolute Gasteiger partial charge is 0.497 e. The summed E-state index contributed by atoms with van der Waals surface area (Å²) in [7, 11) is 1.62. The van der Waals surface area contributed by atoms with Gasteiger partial charge >= 0.3 is 11.4 Å². The molecule has 3 heterocycles. The number of ether oxygens (including phenoxy) is 1. The third kappa shape index (κ3) is 5.44. The Hall–Kier alpha value is -4.47. The Morgan fingerprint density at radius 3 is 1.92 bits per heavy atom. The molecule has 5 rings (SSSR count). The van der Waals surface area contributed by atoms with Crippen molar-refractivity contribution in [2.45, 2.75) is 26.4 Å². The minimum atomic E-state index is -0.552. The number of rotatable bonds is 8. The molecule has 10 nitrogen and oxygen atoms in total. The zero-order valence-corrected chi connectivity index (χ0v) is 21.7. The zero-order chi connectivity index (χ0) is 26.5. The van der Waals surface area contributed by atoms with Crippen LogP contribution in [0.25, 0.3) is 0 Å². The summed E-state index contributed by atoms with van der Waals surface area (Å²) in [5, 5.41) is 0. The van der Waals surface area contributed by atoms with Crippen LogP contribution >= 0.6 is 0 Å². The highest BCUT2D eigenvalue weighted by Crippen LogP contribution is 2.17. The number of hydrogen-bond donors (Lipinski definition) is 0. The summed E-state index contributed by atoms with van der Waals surface area (Å²) in [4.78, 5) is 44.2. The number of piperazine rings is 1. The van der Waals surface area contributed by atoms with Crippen LogP contribution in [0.5, 0.6) is 5.75 Å². The maximum absolute atomic E-state index is 13.8. The van der Waals surface area contributed by atoms with Gasteiger partial charge in [0.15, 0.2) is 0 Å². The average Bonchev–Trinajstić information content (AvgIpc) is 2.98. The van der Waals surface area contributed by atoms with E-state index >= 15 is 0 Å². The topological polar surface area (TPSA) is 98.4 Å². The lowest BCUT2D eigenvalue weighted by Gasteiger charge is -2.36. The Balaban J connectivity index is 1.48. The van der Waals surface area contributed by atoms with Gasteiger partial charge in [-0.3, -0.25) is 4.57 Å². The van der Waals surface area contributed by atoms with Crippen LogP contribution in [0.1, 0.15) is 23.6 Å². The van der Waals surface area contributed by atoms with Crippen molar-refractivity contribution in [3.05, 3.63) is 105 Å². The fourth-order valence-electron chi connectivity index (χ4n) is 4.57.